The van der Waals surface area contributed by atoms with E-state index in [2.05, 4.69) is 36.5 Å². The molecule has 1 aliphatic rings. The second kappa shape index (κ2) is 5.63. The predicted molar refractivity (Wildman–Crippen MR) is 58.4 cm³/mol. The van der Waals surface area contributed by atoms with E-state index in [9.17, 15) is 0 Å². The molecule has 0 atom stereocenters. The van der Waals surface area contributed by atoms with Crippen molar-refractivity contribution in [3.05, 3.63) is 35.4 Å². The third-order valence-electron chi connectivity index (χ3n) is 2.26. The van der Waals surface area contributed by atoms with Gasteiger partial charge in [0.1, 0.15) is 0 Å². The van der Waals surface area contributed by atoms with E-state index >= 15 is 0 Å². The van der Waals surface area contributed by atoms with Gasteiger partial charge in [-0.05, 0) is 49.0 Å². The summed E-state index contributed by atoms with van der Waals surface area (Å²) in [7, 11) is 0. The van der Waals surface area contributed by atoms with Gasteiger partial charge < -0.3 is 0 Å². The molecule has 0 spiro atoms. The van der Waals surface area contributed by atoms with Crippen molar-refractivity contribution in [1.29, 1.82) is 5.41 Å². The zero-order chi connectivity index (χ0) is 9.52. The van der Waals surface area contributed by atoms with Crippen molar-refractivity contribution in [1.82, 2.24) is 0 Å². The van der Waals surface area contributed by atoms with E-state index in [0.29, 0.717) is 0 Å². The van der Waals surface area contributed by atoms with Crippen molar-refractivity contribution in [2.24, 2.45) is 0 Å². The maximum atomic E-state index is 5.77. The standard InChI is InChI=1S/C10H12.CHNS/c1-2-6-10-8-4-3-7-9(10)5-1;2-1-3/h1-2,5-6H,3-4,7-8H2;2H. The minimum atomic E-state index is 1.30. The van der Waals surface area contributed by atoms with Gasteiger partial charge in [0.15, 0.2) is 0 Å². The number of nitrogens with one attached hydrogen (secondary N) is 1. The largest absolute Gasteiger partial charge is 0.248 e. The minimum absolute atomic E-state index is 1.30. The third-order valence-corrected chi connectivity index (χ3v) is 2.26. The van der Waals surface area contributed by atoms with Gasteiger partial charge in [-0.25, -0.2) is 5.41 Å². The maximum absolute atomic E-state index is 5.77. The Labute approximate surface area is 84.3 Å². The summed E-state index contributed by atoms with van der Waals surface area (Å²) in [5.41, 5.74) is 3.16. The molecule has 13 heavy (non-hydrogen) atoms. The second-order valence-electron chi connectivity index (χ2n) is 3.08. The molecule has 1 aliphatic carbocycles. The van der Waals surface area contributed by atoms with E-state index in [0.717, 1.165) is 0 Å². The normalized spacial score (nSPS) is 13.2. The van der Waals surface area contributed by atoms with E-state index in [-0.39, 0.29) is 0 Å². The Morgan fingerprint density at radius 1 is 1.08 bits per heavy atom. The number of thiocarbonyl (C=S) groups is 1. The molecule has 0 amide bonds. The van der Waals surface area contributed by atoms with Gasteiger partial charge in [0.05, 0.1) is 5.16 Å². The smallest absolute Gasteiger partial charge is 0.0554 e. The lowest BCUT2D eigenvalue weighted by atomic mass is 9.92. The van der Waals surface area contributed by atoms with E-state index in [1.165, 1.54) is 25.7 Å². The molecule has 0 saturated heterocycles. The quantitative estimate of drug-likeness (QED) is 0.494. The van der Waals surface area contributed by atoms with Crippen molar-refractivity contribution in [3.8, 4) is 0 Å². The summed E-state index contributed by atoms with van der Waals surface area (Å²) in [6.45, 7) is 0. The van der Waals surface area contributed by atoms with Crippen LogP contribution in [0.5, 0.6) is 0 Å². The molecule has 0 fully saturated rings. The Morgan fingerprint density at radius 3 is 1.85 bits per heavy atom. The Morgan fingerprint density at radius 2 is 1.46 bits per heavy atom. The summed E-state index contributed by atoms with van der Waals surface area (Å²) in [4.78, 5) is 0. The van der Waals surface area contributed by atoms with Crippen LogP contribution in [0.25, 0.3) is 0 Å². The second-order valence-corrected chi connectivity index (χ2v) is 3.28. The molecule has 1 aromatic carbocycles. The average Bonchev–Trinajstić information content (AvgIpc) is 2.19. The Hall–Kier alpha value is -0.980. The fourth-order valence-electron chi connectivity index (χ4n) is 1.68. The first-order valence-corrected chi connectivity index (χ1v) is 4.90. The van der Waals surface area contributed by atoms with Crippen LogP contribution in [0.2, 0.25) is 0 Å². The first-order chi connectivity index (χ1) is 6.38. The molecular weight excluding hydrogens is 178 g/mol. The van der Waals surface area contributed by atoms with Crippen LogP contribution in [0.3, 0.4) is 0 Å². The van der Waals surface area contributed by atoms with Gasteiger partial charge in [0.25, 0.3) is 0 Å². The lowest BCUT2D eigenvalue weighted by Crippen LogP contribution is -2.00. The van der Waals surface area contributed by atoms with E-state index in [1.807, 2.05) is 0 Å². The van der Waals surface area contributed by atoms with Gasteiger partial charge >= 0.3 is 0 Å². The highest BCUT2D eigenvalue weighted by Crippen LogP contribution is 2.19. The molecule has 2 heteroatoms. The van der Waals surface area contributed by atoms with Gasteiger partial charge in [-0.2, -0.15) is 0 Å². The third kappa shape index (κ3) is 3.10. The Kier molecular flexibility index (Phi) is 4.37. The molecule has 0 bridgehead atoms. The van der Waals surface area contributed by atoms with Crippen molar-refractivity contribution in [2.45, 2.75) is 25.7 Å². The highest BCUT2D eigenvalue weighted by molar-refractivity contribution is 7.78. The summed E-state index contributed by atoms with van der Waals surface area (Å²) in [5, 5.41) is 7.36. The molecular formula is C11H13NS. The van der Waals surface area contributed by atoms with Crippen molar-refractivity contribution < 1.29 is 0 Å². The lowest BCUT2D eigenvalue weighted by Gasteiger charge is -2.13. The Balaban J connectivity index is 0.000000251. The zero-order valence-corrected chi connectivity index (χ0v) is 8.36. The first-order valence-electron chi connectivity index (χ1n) is 4.49. The number of rotatable bonds is 0. The maximum Gasteiger partial charge on any atom is 0.0554 e. The number of aryl methyl sites for hydroxylation is 2. The molecule has 1 N–H and O–H groups in total. The van der Waals surface area contributed by atoms with E-state index < -0.39 is 0 Å². The highest BCUT2D eigenvalue weighted by Gasteiger charge is 2.05. The average molecular weight is 191 g/mol. The van der Waals surface area contributed by atoms with Crippen LogP contribution >= 0.6 is 12.2 Å². The molecule has 1 aromatic rings. The summed E-state index contributed by atoms with van der Waals surface area (Å²) >= 11 is 3.81. The van der Waals surface area contributed by atoms with Crippen LogP contribution in [0.1, 0.15) is 24.0 Å². The first kappa shape index (κ1) is 10.1. The van der Waals surface area contributed by atoms with Crippen LogP contribution in [0.4, 0.5) is 0 Å². The highest BCUT2D eigenvalue weighted by atomic mass is 32.1. The molecule has 0 aromatic heterocycles. The zero-order valence-electron chi connectivity index (χ0n) is 7.55. The van der Waals surface area contributed by atoms with E-state index in [1.54, 1.807) is 16.3 Å². The topological polar surface area (TPSA) is 23.9 Å². The predicted octanol–water partition coefficient (Wildman–Crippen LogP) is 3.23. The Bertz CT molecular complexity index is 276. The number of fused-ring (bicyclic) bond motifs is 1. The fourth-order valence-corrected chi connectivity index (χ4v) is 1.68. The summed E-state index contributed by atoms with van der Waals surface area (Å²) in [5.74, 6) is 0. The molecule has 2 rings (SSSR count). The van der Waals surface area contributed by atoms with Crippen molar-refractivity contribution in [2.75, 3.05) is 0 Å². The van der Waals surface area contributed by atoms with Crippen molar-refractivity contribution >= 4 is 17.4 Å². The SMILES string of the molecule is N=C=S.c1ccc2c(c1)CCCC2. The molecule has 0 aliphatic heterocycles. The van der Waals surface area contributed by atoms with Crippen LogP contribution < -0.4 is 0 Å². The van der Waals surface area contributed by atoms with Crippen LogP contribution in [0, 0.1) is 5.41 Å². The van der Waals surface area contributed by atoms with Gasteiger partial charge in [-0.1, -0.05) is 24.3 Å². The van der Waals surface area contributed by atoms with Gasteiger partial charge in [0, 0.05) is 0 Å². The monoisotopic (exact) mass is 191 g/mol. The molecule has 0 radical (unpaired) electrons. The van der Waals surface area contributed by atoms with Gasteiger partial charge in [0.2, 0.25) is 0 Å². The van der Waals surface area contributed by atoms with Gasteiger partial charge in [-0.3, -0.25) is 0 Å². The summed E-state index contributed by atoms with van der Waals surface area (Å²) < 4.78 is 0. The van der Waals surface area contributed by atoms with Crippen LogP contribution in [0.15, 0.2) is 24.3 Å². The molecule has 1 nitrogen and oxygen atoms in total. The molecule has 0 unspecified atom stereocenters. The number of benzene rings is 1. The van der Waals surface area contributed by atoms with Crippen LogP contribution in [-0.2, 0) is 12.8 Å². The number of hydrogen-bond acceptors (Lipinski definition) is 2. The van der Waals surface area contributed by atoms with Gasteiger partial charge in [-0.15, -0.1) is 0 Å². The van der Waals surface area contributed by atoms with Crippen molar-refractivity contribution in [3.63, 3.8) is 0 Å². The fraction of sp³-hybridized carbons (Fsp3) is 0.364. The molecule has 0 heterocycles. The minimum Gasteiger partial charge on any atom is -0.248 e. The number of hydrogen-bond donors (Lipinski definition) is 1. The van der Waals surface area contributed by atoms with E-state index in [4.69, 9.17) is 5.41 Å². The molecule has 68 valence electrons. The lowest BCUT2D eigenvalue weighted by molar-refractivity contribution is 0.685. The molecule has 0 saturated carbocycles. The number of isothiocyanates is 1. The summed E-state index contributed by atoms with van der Waals surface area (Å²) in [6, 6.07) is 8.80. The van der Waals surface area contributed by atoms with Crippen LogP contribution in [-0.4, -0.2) is 5.16 Å². The summed E-state index contributed by atoms with van der Waals surface area (Å²) in [6.07, 6.45) is 5.38.